The van der Waals surface area contributed by atoms with Crippen LogP contribution in [-0.2, 0) is 4.79 Å². The lowest BCUT2D eigenvalue weighted by Gasteiger charge is -2.32. The number of hydrogen-bond acceptors (Lipinski definition) is 2. The summed E-state index contributed by atoms with van der Waals surface area (Å²) < 4.78 is 0. The van der Waals surface area contributed by atoms with Crippen molar-refractivity contribution in [3.05, 3.63) is 0 Å². The van der Waals surface area contributed by atoms with Crippen molar-refractivity contribution in [3.63, 3.8) is 0 Å². The zero-order valence-corrected chi connectivity index (χ0v) is 11.1. The number of halogens is 1. The predicted octanol–water partition coefficient (Wildman–Crippen LogP) is 1.95. The highest BCUT2D eigenvalue weighted by atomic mass is 35.5. The minimum atomic E-state index is 0. The third-order valence-corrected chi connectivity index (χ3v) is 3.79. The summed E-state index contributed by atoms with van der Waals surface area (Å²) in [7, 11) is 0. The van der Waals surface area contributed by atoms with Gasteiger partial charge in [0.05, 0.1) is 0 Å². The van der Waals surface area contributed by atoms with Crippen molar-refractivity contribution in [1.82, 2.24) is 10.2 Å². The molecule has 0 spiro atoms. The Morgan fingerprint density at radius 1 is 1.44 bits per heavy atom. The van der Waals surface area contributed by atoms with Gasteiger partial charge in [0.25, 0.3) is 0 Å². The van der Waals surface area contributed by atoms with E-state index in [-0.39, 0.29) is 17.9 Å². The van der Waals surface area contributed by atoms with Gasteiger partial charge in [0.2, 0.25) is 5.91 Å². The van der Waals surface area contributed by atoms with Crippen LogP contribution in [0.2, 0.25) is 0 Å². The van der Waals surface area contributed by atoms with Gasteiger partial charge in [-0.05, 0) is 46.1 Å². The fourth-order valence-electron chi connectivity index (χ4n) is 2.82. The van der Waals surface area contributed by atoms with E-state index in [0.717, 1.165) is 25.9 Å². The largest absolute Gasteiger partial charge is 0.338 e. The number of nitrogens with zero attached hydrogens (tertiary/aromatic N) is 1. The summed E-state index contributed by atoms with van der Waals surface area (Å²) in [6.07, 6.45) is 5.40. The second-order valence-corrected chi connectivity index (χ2v) is 5.46. The van der Waals surface area contributed by atoms with Crippen LogP contribution in [0.1, 0.15) is 46.0 Å². The molecule has 0 radical (unpaired) electrons. The second kappa shape index (κ2) is 5.37. The van der Waals surface area contributed by atoms with E-state index in [4.69, 9.17) is 0 Å². The highest BCUT2D eigenvalue weighted by molar-refractivity contribution is 5.85. The average Bonchev–Trinajstić information content (AvgIpc) is 2.73. The quantitative estimate of drug-likeness (QED) is 0.808. The van der Waals surface area contributed by atoms with Gasteiger partial charge in [-0.2, -0.15) is 0 Å². The van der Waals surface area contributed by atoms with Crippen LogP contribution in [-0.4, -0.2) is 35.5 Å². The Labute approximate surface area is 104 Å². The Morgan fingerprint density at radius 2 is 2.19 bits per heavy atom. The normalized spacial score (nSPS) is 27.9. The Bertz CT molecular complexity index is 249. The van der Waals surface area contributed by atoms with E-state index >= 15 is 0 Å². The standard InChI is InChI=1S/C12H22N2O.ClH/c1-12(2)6-4-8-14(12)11(15)9-10-5-3-7-13-10;/h10,13H,3-9H2,1-2H3;1H. The molecule has 2 heterocycles. The summed E-state index contributed by atoms with van der Waals surface area (Å²) >= 11 is 0. The van der Waals surface area contributed by atoms with Crippen LogP contribution in [0.5, 0.6) is 0 Å². The van der Waals surface area contributed by atoms with Crippen molar-refractivity contribution in [1.29, 1.82) is 0 Å². The lowest BCUT2D eigenvalue weighted by molar-refractivity contribution is -0.134. The minimum Gasteiger partial charge on any atom is -0.338 e. The minimum absolute atomic E-state index is 0. The van der Waals surface area contributed by atoms with Crippen molar-refractivity contribution in [2.75, 3.05) is 13.1 Å². The van der Waals surface area contributed by atoms with Crippen LogP contribution in [0, 0.1) is 0 Å². The summed E-state index contributed by atoms with van der Waals surface area (Å²) in [4.78, 5) is 14.2. The molecule has 16 heavy (non-hydrogen) atoms. The van der Waals surface area contributed by atoms with E-state index in [1.54, 1.807) is 0 Å². The number of carbonyl (C=O) groups excluding carboxylic acids is 1. The van der Waals surface area contributed by atoms with E-state index in [1.807, 2.05) is 0 Å². The Hall–Kier alpha value is -0.280. The van der Waals surface area contributed by atoms with Crippen molar-refractivity contribution >= 4 is 18.3 Å². The van der Waals surface area contributed by atoms with Crippen molar-refractivity contribution in [2.24, 2.45) is 0 Å². The first-order valence-electron chi connectivity index (χ1n) is 6.13. The van der Waals surface area contributed by atoms with Gasteiger partial charge in [0.15, 0.2) is 0 Å². The topological polar surface area (TPSA) is 32.3 Å². The molecule has 1 amide bonds. The third-order valence-electron chi connectivity index (χ3n) is 3.79. The molecule has 0 aliphatic carbocycles. The molecule has 1 N–H and O–H groups in total. The maximum atomic E-state index is 12.1. The molecule has 0 aromatic rings. The maximum Gasteiger partial charge on any atom is 0.224 e. The Balaban J connectivity index is 0.00000128. The van der Waals surface area contributed by atoms with Gasteiger partial charge in [-0.3, -0.25) is 4.79 Å². The molecule has 1 atom stereocenters. The summed E-state index contributed by atoms with van der Waals surface area (Å²) in [6.45, 7) is 6.40. The molecule has 94 valence electrons. The second-order valence-electron chi connectivity index (χ2n) is 5.46. The molecule has 0 aromatic heterocycles. The van der Waals surface area contributed by atoms with Gasteiger partial charge in [0.1, 0.15) is 0 Å². The molecule has 3 nitrogen and oxygen atoms in total. The first-order valence-corrected chi connectivity index (χ1v) is 6.13. The van der Waals surface area contributed by atoms with Gasteiger partial charge < -0.3 is 10.2 Å². The number of hydrogen-bond donors (Lipinski definition) is 1. The first-order chi connectivity index (χ1) is 7.09. The van der Waals surface area contributed by atoms with Crippen LogP contribution in [0.3, 0.4) is 0 Å². The summed E-state index contributed by atoms with van der Waals surface area (Å²) in [5.41, 5.74) is 0.0929. The zero-order valence-electron chi connectivity index (χ0n) is 10.3. The molecule has 0 saturated carbocycles. The first kappa shape index (κ1) is 13.8. The van der Waals surface area contributed by atoms with Crippen molar-refractivity contribution < 1.29 is 4.79 Å². The van der Waals surface area contributed by atoms with Gasteiger partial charge in [-0.15, -0.1) is 12.4 Å². The van der Waals surface area contributed by atoms with Gasteiger partial charge in [0, 0.05) is 24.5 Å². The van der Waals surface area contributed by atoms with E-state index in [9.17, 15) is 4.79 Å². The van der Waals surface area contributed by atoms with Crippen LogP contribution in [0.4, 0.5) is 0 Å². The number of nitrogens with one attached hydrogen (secondary N) is 1. The Kier molecular flexibility index (Phi) is 4.62. The van der Waals surface area contributed by atoms with E-state index in [0.29, 0.717) is 18.4 Å². The smallest absolute Gasteiger partial charge is 0.224 e. The molecule has 1 unspecified atom stereocenters. The highest BCUT2D eigenvalue weighted by Crippen LogP contribution is 2.29. The molecule has 2 aliphatic heterocycles. The monoisotopic (exact) mass is 246 g/mol. The highest BCUT2D eigenvalue weighted by Gasteiger charge is 2.36. The van der Waals surface area contributed by atoms with Gasteiger partial charge in [-0.1, -0.05) is 0 Å². The third kappa shape index (κ3) is 2.89. The van der Waals surface area contributed by atoms with Crippen molar-refractivity contribution in [3.8, 4) is 0 Å². The van der Waals surface area contributed by atoms with Crippen LogP contribution in [0.25, 0.3) is 0 Å². The molecule has 2 aliphatic rings. The van der Waals surface area contributed by atoms with E-state index in [1.165, 1.54) is 12.8 Å². The van der Waals surface area contributed by atoms with E-state index in [2.05, 4.69) is 24.1 Å². The summed E-state index contributed by atoms with van der Waals surface area (Å²) in [6, 6.07) is 0.439. The molecule has 2 fully saturated rings. The van der Waals surface area contributed by atoms with Crippen LogP contribution < -0.4 is 5.32 Å². The van der Waals surface area contributed by atoms with Crippen molar-refractivity contribution in [2.45, 2.75) is 57.5 Å². The van der Waals surface area contributed by atoms with Crippen LogP contribution in [0.15, 0.2) is 0 Å². The SMILES string of the molecule is CC1(C)CCCN1C(=O)CC1CCCN1.Cl. The molecular weight excluding hydrogens is 224 g/mol. The Morgan fingerprint density at radius 3 is 2.69 bits per heavy atom. The molecule has 4 heteroatoms. The maximum absolute atomic E-state index is 12.1. The number of likely N-dealkylation sites (tertiary alicyclic amines) is 1. The number of amides is 1. The molecular formula is C12H23ClN2O. The number of carbonyl (C=O) groups is 1. The lowest BCUT2D eigenvalue weighted by Crippen LogP contribution is -2.44. The zero-order chi connectivity index (χ0) is 10.9. The fraction of sp³-hybridized carbons (Fsp3) is 0.917. The molecule has 0 aromatic carbocycles. The molecule has 0 bridgehead atoms. The van der Waals surface area contributed by atoms with Gasteiger partial charge >= 0.3 is 0 Å². The molecule has 2 saturated heterocycles. The molecule has 2 rings (SSSR count). The average molecular weight is 247 g/mol. The summed E-state index contributed by atoms with van der Waals surface area (Å²) in [5, 5.41) is 3.39. The van der Waals surface area contributed by atoms with E-state index < -0.39 is 0 Å². The predicted molar refractivity (Wildman–Crippen MR) is 67.9 cm³/mol. The lowest BCUT2D eigenvalue weighted by atomic mass is 10.0. The fourth-order valence-corrected chi connectivity index (χ4v) is 2.82. The number of rotatable bonds is 2. The van der Waals surface area contributed by atoms with Crippen LogP contribution >= 0.6 is 12.4 Å². The van der Waals surface area contributed by atoms with Gasteiger partial charge in [-0.25, -0.2) is 0 Å². The summed E-state index contributed by atoms with van der Waals surface area (Å²) in [5.74, 6) is 0.344.